The van der Waals surface area contributed by atoms with Crippen molar-refractivity contribution in [3.63, 3.8) is 0 Å². The number of hydrogen-bond donors (Lipinski definition) is 3. The van der Waals surface area contributed by atoms with Gasteiger partial charge in [0, 0.05) is 54.4 Å². The molecule has 13 rings (SSSR count). The van der Waals surface area contributed by atoms with Gasteiger partial charge in [0.2, 0.25) is 0 Å². The molecule has 0 aromatic rings. The van der Waals surface area contributed by atoms with E-state index in [1.165, 1.54) is 244 Å². The second-order valence-corrected chi connectivity index (χ2v) is 30.6. The summed E-state index contributed by atoms with van der Waals surface area (Å²) in [6.07, 6.45) is 73.9. The Kier molecular flexibility index (Phi) is 18.7. The van der Waals surface area contributed by atoms with Gasteiger partial charge in [0.15, 0.2) is 0 Å². The largest absolute Gasteiger partial charge is 0.294 e. The van der Waals surface area contributed by atoms with Gasteiger partial charge in [-0.15, -0.1) is 0 Å². The molecule has 2 heterocycles. The van der Waals surface area contributed by atoms with Gasteiger partial charge in [-0.2, -0.15) is 0 Å². The molecule has 6 heteroatoms. The predicted molar refractivity (Wildman–Crippen MR) is 313 cm³/mol. The topological polar surface area (TPSA) is 45.8 Å². The maximum Gasteiger partial charge on any atom is 0.0624 e. The van der Waals surface area contributed by atoms with Crippen molar-refractivity contribution in [2.24, 2.45) is 53.3 Å². The van der Waals surface area contributed by atoms with Gasteiger partial charge >= 0.3 is 0 Å². The molecule has 3 N–H and O–H groups in total. The Hall–Kier alpha value is -0.240. The Morgan fingerprint density at radius 2 is 0.493 bits per heavy atom. The number of rotatable bonds is 12. The fraction of sp³-hybridized carbons (Fsp3) is 1.00. The van der Waals surface area contributed by atoms with Gasteiger partial charge in [-0.25, -0.2) is 0 Å². The van der Waals surface area contributed by atoms with Crippen LogP contribution in [0.5, 0.6) is 0 Å². The van der Waals surface area contributed by atoms with Crippen molar-refractivity contribution in [2.45, 2.75) is 381 Å². The van der Waals surface area contributed by atoms with Crippen LogP contribution in [0.4, 0.5) is 0 Å². The van der Waals surface area contributed by atoms with Gasteiger partial charge in [-0.1, -0.05) is 116 Å². The van der Waals surface area contributed by atoms with Crippen molar-refractivity contribution in [3.8, 4) is 0 Å². The van der Waals surface area contributed by atoms with E-state index in [-0.39, 0.29) is 0 Å². The maximum absolute atomic E-state index is 4.35. The van der Waals surface area contributed by atoms with Crippen LogP contribution in [0.25, 0.3) is 0 Å². The van der Waals surface area contributed by atoms with E-state index in [2.05, 4.69) is 30.7 Å². The summed E-state index contributed by atoms with van der Waals surface area (Å²) < 4.78 is 0. The second-order valence-electron chi connectivity index (χ2n) is 30.6. The summed E-state index contributed by atoms with van der Waals surface area (Å²) in [4.78, 5) is 9.95. The van der Waals surface area contributed by atoms with Crippen molar-refractivity contribution in [3.05, 3.63) is 0 Å². The number of hydrogen-bond acceptors (Lipinski definition) is 6. The van der Waals surface area contributed by atoms with Crippen LogP contribution in [-0.2, 0) is 0 Å². The molecule has 11 saturated carbocycles. The average Bonchev–Trinajstić information content (AvgIpc) is 3.82. The SMILES string of the molecule is C1CCC(C2NC(C3CCCCC3)NC(C3CCC(N4C5CCC(C6CCC(N(C7CCCCC7)C7CCCCC7)CC6)CC5C5CC(C6CCC(N(C7CCCCC7)C7CCCCC7)CC6)CCC54)CC3)N2)CC1. The molecule has 2 aliphatic heterocycles. The van der Waals surface area contributed by atoms with Crippen molar-refractivity contribution >= 4 is 0 Å². The van der Waals surface area contributed by atoms with E-state index in [9.17, 15) is 0 Å². The van der Waals surface area contributed by atoms with Crippen LogP contribution in [-0.4, -0.2) is 87.6 Å². The lowest BCUT2D eigenvalue weighted by molar-refractivity contribution is 0.000794. The minimum atomic E-state index is 0.510. The minimum absolute atomic E-state index is 0.510. The normalized spacial score (nSPS) is 43.7. The van der Waals surface area contributed by atoms with E-state index in [0.717, 1.165) is 108 Å². The summed E-state index contributed by atoms with van der Waals surface area (Å²) in [6, 6.07) is 8.14. The first-order valence-electron chi connectivity index (χ1n) is 35.8. The van der Waals surface area contributed by atoms with Crippen LogP contribution in [0.15, 0.2) is 0 Å². The maximum atomic E-state index is 4.35. The number of likely N-dealkylation sites (tertiary alicyclic amines) is 1. The lowest BCUT2D eigenvalue weighted by Gasteiger charge is -2.50. The van der Waals surface area contributed by atoms with E-state index in [1.807, 2.05) is 0 Å². The monoisotopic (exact) mass is 1030 g/mol. The molecular formula is C69H120N6. The molecule has 0 aromatic carbocycles. The zero-order valence-electron chi connectivity index (χ0n) is 48.9. The minimum Gasteiger partial charge on any atom is -0.294 e. The van der Waals surface area contributed by atoms with Crippen molar-refractivity contribution in [1.82, 2.24) is 30.7 Å². The zero-order valence-corrected chi connectivity index (χ0v) is 48.9. The van der Waals surface area contributed by atoms with Crippen molar-refractivity contribution < 1.29 is 0 Å². The molecule has 0 bridgehead atoms. The van der Waals surface area contributed by atoms with Crippen molar-refractivity contribution in [1.29, 1.82) is 0 Å². The number of nitrogens with one attached hydrogen (secondary N) is 3. The first kappa shape index (κ1) is 54.0. The van der Waals surface area contributed by atoms with E-state index < -0.39 is 0 Å². The molecular weight excluding hydrogens is 913 g/mol. The quantitative estimate of drug-likeness (QED) is 0.181. The third-order valence-electron chi connectivity index (χ3n) is 26.7. The summed E-state index contributed by atoms with van der Waals surface area (Å²) in [5.41, 5.74) is 0. The van der Waals surface area contributed by atoms with Gasteiger partial charge in [0.1, 0.15) is 0 Å². The van der Waals surface area contributed by atoms with Gasteiger partial charge in [-0.3, -0.25) is 30.7 Å². The molecule has 8 atom stereocenters. The smallest absolute Gasteiger partial charge is 0.0624 e. The molecule has 0 spiro atoms. The fourth-order valence-corrected chi connectivity index (χ4v) is 23.0. The van der Waals surface area contributed by atoms with Gasteiger partial charge in [0.25, 0.3) is 0 Å². The zero-order chi connectivity index (χ0) is 49.9. The molecule has 0 aromatic heterocycles. The molecule has 2 saturated heterocycles. The molecule has 0 radical (unpaired) electrons. The molecule has 13 fully saturated rings. The lowest BCUT2D eigenvalue weighted by Crippen LogP contribution is -2.72. The van der Waals surface area contributed by atoms with Crippen LogP contribution in [0, 0.1) is 53.3 Å². The highest BCUT2D eigenvalue weighted by atomic mass is 15.4. The predicted octanol–water partition coefficient (Wildman–Crippen LogP) is 16.4. The van der Waals surface area contributed by atoms with E-state index in [1.54, 1.807) is 64.2 Å². The molecule has 0 amide bonds. The summed E-state index contributed by atoms with van der Waals surface area (Å²) in [5, 5.41) is 13.0. The first-order valence-corrected chi connectivity index (χ1v) is 35.8. The molecule has 8 unspecified atom stereocenters. The Morgan fingerprint density at radius 1 is 0.227 bits per heavy atom. The third-order valence-corrected chi connectivity index (χ3v) is 26.7. The van der Waals surface area contributed by atoms with Gasteiger partial charge in [-0.05, 0) is 246 Å². The first-order chi connectivity index (χ1) is 37.2. The number of nitrogens with zero attached hydrogens (tertiary/aromatic N) is 3. The highest BCUT2D eigenvalue weighted by molar-refractivity contribution is 5.09. The molecule has 11 aliphatic carbocycles. The van der Waals surface area contributed by atoms with Crippen LogP contribution in [0.3, 0.4) is 0 Å². The Morgan fingerprint density at radius 3 is 0.827 bits per heavy atom. The average molecular weight is 1030 g/mol. The lowest BCUT2D eigenvalue weighted by atomic mass is 9.62. The number of fused-ring (bicyclic) bond motifs is 3. The van der Waals surface area contributed by atoms with Gasteiger partial charge in [0.05, 0.1) is 18.5 Å². The molecule has 6 nitrogen and oxygen atoms in total. The van der Waals surface area contributed by atoms with Crippen LogP contribution < -0.4 is 16.0 Å². The highest BCUT2D eigenvalue weighted by Gasteiger charge is 2.56. The van der Waals surface area contributed by atoms with Crippen molar-refractivity contribution in [2.75, 3.05) is 0 Å². The molecule has 75 heavy (non-hydrogen) atoms. The fourth-order valence-electron chi connectivity index (χ4n) is 23.0. The summed E-state index contributed by atoms with van der Waals surface area (Å²) in [6.45, 7) is 0. The van der Waals surface area contributed by atoms with Crippen LogP contribution in [0.2, 0.25) is 0 Å². The third kappa shape index (κ3) is 12.3. The summed E-state index contributed by atoms with van der Waals surface area (Å²) in [5.74, 6) is 8.54. The highest BCUT2D eigenvalue weighted by Crippen LogP contribution is 2.57. The molecule has 13 aliphatic rings. The standard InChI is InChI=1S/C69H120N6/c1-7-19-51(20-8-1)67-70-68(52-21-9-2-10-22-52)72-69(71-67)53-35-43-62(44-36-53)75-65-45-37-54(49-31-39-60(40-32-49)73(56-23-11-3-12-24-56)57-25-13-4-14-26-57)47-63(65)64-48-55(38-46-66(64)75)50-33-41-61(42-34-50)74(58-27-15-5-16-28-58)59-29-17-6-18-30-59/h49-72H,1-48H2. The van der Waals surface area contributed by atoms with E-state index >= 15 is 0 Å². The van der Waals surface area contributed by atoms with Gasteiger partial charge < -0.3 is 0 Å². The van der Waals surface area contributed by atoms with Crippen LogP contribution in [0.1, 0.15) is 308 Å². The van der Waals surface area contributed by atoms with E-state index in [0.29, 0.717) is 18.5 Å². The summed E-state index contributed by atoms with van der Waals surface area (Å²) >= 11 is 0. The van der Waals surface area contributed by atoms with Crippen LogP contribution >= 0.6 is 0 Å². The Balaban J connectivity index is 0.687. The Bertz CT molecular complexity index is 1530. The van der Waals surface area contributed by atoms with E-state index in [4.69, 9.17) is 0 Å². The Labute approximate surface area is 462 Å². The molecule has 426 valence electrons. The summed E-state index contributed by atoms with van der Waals surface area (Å²) in [7, 11) is 0. The second kappa shape index (κ2) is 25.9.